The third-order valence-electron chi connectivity index (χ3n) is 5.66. The molecule has 1 aliphatic rings. The molecule has 178 valence electrons. The predicted octanol–water partition coefficient (Wildman–Crippen LogP) is 3.76. The van der Waals surface area contributed by atoms with E-state index in [9.17, 15) is 13.2 Å². The van der Waals surface area contributed by atoms with Crippen LogP contribution in [-0.2, 0) is 16.6 Å². The van der Waals surface area contributed by atoms with Gasteiger partial charge in [-0.15, -0.1) is 0 Å². The van der Waals surface area contributed by atoms with Crippen molar-refractivity contribution in [3.63, 3.8) is 0 Å². The number of rotatable bonds is 8. The zero-order valence-electron chi connectivity index (χ0n) is 19.3. The lowest BCUT2D eigenvalue weighted by molar-refractivity contribution is 0.102. The van der Waals surface area contributed by atoms with Gasteiger partial charge in [-0.25, -0.2) is 17.7 Å². The van der Waals surface area contributed by atoms with Gasteiger partial charge < -0.3 is 15.0 Å². The highest BCUT2D eigenvalue weighted by molar-refractivity contribution is 7.89. The summed E-state index contributed by atoms with van der Waals surface area (Å²) in [5.74, 6) is 0.0520. The number of pyridine rings is 1. The first-order valence-corrected chi connectivity index (χ1v) is 12.5. The van der Waals surface area contributed by atoms with Crippen molar-refractivity contribution in [2.45, 2.75) is 24.3 Å². The molecule has 0 atom stereocenters. The molecule has 0 radical (unpaired) electrons. The summed E-state index contributed by atoms with van der Waals surface area (Å²) in [5.41, 5.74) is 2.56. The van der Waals surface area contributed by atoms with Crippen molar-refractivity contribution in [1.29, 1.82) is 0 Å². The molecule has 8 nitrogen and oxygen atoms in total. The van der Waals surface area contributed by atoms with Crippen LogP contribution in [0.25, 0.3) is 0 Å². The molecule has 0 bridgehead atoms. The molecule has 2 heterocycles. The largest absolute Gasteiger partial charge is 0.473 e. The molecule has 2 aromatic carbocycles. The fourth-order valence-corrected chi connectivity index (χ4v) is 4.70. The van der Waals surface area contributed by atoms with Crippen molar-refractivity contribution in [1.82, 2.24) is 9.29 Å². The number of nitrogens with one attached hydrogen (secondary N) is 1. The van der Waals surface area contributed by atoms with Gasteiger partial charge in [-0.05, 0) is 42.7 Å². The van der Waals surface area contributed by atoms with Crippen molar-refractivity contribution in [3.8, 4) is 5.88 Å². The van der Waals surface area contributed by atoms with E-state index in [2.05, 4.69) is 15.2 Å². The fraction of sp³-hybridized carbons (Fsp3) is 0.280. The van der Waals surface area contributed by atoms with Gasteiger partial charge in [0.15, 0.2) is 0 Å². The van der Waals surface area contributed by atoms with Gasteiger partial charge in [0.25, 0.3) is 5.91 Å². The Morgan fingerprint density at radius 3 is 2.44 bits per heavy atom. The van der Waals surface area contributed by atoms with Crippen LogP contribution in [-0.4, -0.2) is 50.8 Å². The number of nitrogens with zero attached hydrogens (tertiary/aromatic N) is 3. The van der Waals surface area contributed by atoms with E-state index in [0.717, 1.165) is 41.5 Å². The molecule has 1 aliphatic heterocycles. The number of amides is 1. The fourth-order valence-electron chi connectivity index (χ4n) is 3.77. The molecule has 3 aromatic rings. The summed E-state index contributed by atoms with van der Waals surface area (Å²) in [7, 11) is -0.737. The Labute approximate surface area is 200 Å². The average molecular weight is 481 g/mol. The van der Waals surface area contributed by atoms with Crippen molar-refractivity contribution in [2.75, 3.05) is 37.4 Å². The minimum Gasteiger partial charge on any atom is -0.473 e. The second-order valence-electron chi connectivity index (χ2n) is 8.27. The third kappa shape index (κ3) is 5.37. The second kappa shape index (κ2) is 10.2. The highest BCUT2D eigenvalue weighted by Crippen LogP contribution is 2.29. The number of ether oxygens (including phenoxy) is 1. The zero-order chi connectivity index (χ0) is 24.1. The van der Waals surface area contributed by atoms with Crippen molar-refractivity contribution in [3.05, 3.63) is 78.0 Å². The molecule has 0 aliphatic carbocycles. The Bertz CT molecular complexity index is 1240. The first-order chi connectivity index (χ1) is 16.3. The number of anilines is 2. The summed E-state index contributed by atoms with van der Waals surface area (Å²) in [6, 6.07) is 17.9. The third-order valence-corrected chi connectivity index (χ3v) is 7.47. The lowest BCUT2D eigenvalue weighted by Gasteiger charge is -2.22. The number of hydrogen-bond acceptors (Lipinski definition) is 6. The number of carbonyl (C=O) groups excluding carboxylic acids is 1. The predicted molar refractivity (Wildman–Crippen MR) is 132 cm³/mol. The first kappa shape index (κ1) is 23.7. The molecule has 9 heteroatoms. The van der Waals surface area contributed by atoms with Gasteiger partial charge in [0.1, 0.15) is 6.61 Å². The molecule has 1 aromatic heterocycles. The summed E-state index contributed by atoms with van der Waals surface area (Å²) in [6.07, 6.45) is 3.59. The van der Waals surface area contributed by atoms with E-state index in [0.29, 0.717) is 23.7 Å². The van der Waals surface area contributed by atoms with E-state index in [1.165, 1.54) is 26.4 Å². The summed E-state index contributed by atoms with van der Waals surface area (Å²) in [5, 5.41) is 2.84. The van der Waals surface area contributed by atoms with Crippen LogP contribution in [0.2, 0.25) is 0 Å². The molecule has 1 saturated heterocycles. The normalized spacial score (nSPS) is 13.8. The van der Waals surface area contributed by atoms with Crippen molar-refractivity contribution < 1.29 is 17.9 Å². The lowest BCUT2D eigenvalue weighted by Crippen LogP contribution is -2.25. The van der Waals surface area contributed by atoms with Crippen LogP contribution < -0.4 is 15.0 Å². The maximum absolute atomic E-state index is 13.2. The monoisotopic (exact) mass is 480 g/mol. The molecule has 1 fully saturated rings. The highest BCUT2D eigenvalue weighted by atomic mass is 32.2. The van der Waals surface area contributed by atoms with Crippen molar-refractivity contribution >= 4 is 27.3 Å². The Balaban J connectivity index is 1.53. The number of carbonyl (C=O) groups is 1. The van der Waals surface area contributed by atoms with Crippen molar-refractivity contribution in [2.24, 2.45) is 0 Å². The first-order valence-electron chi connectivity index (χ1n) is 11.1. The van der Waals surface area contributed by atoms with E-state index >= 15 is 0 Å². The lowest BCUT2D eigenvalue weighted by atomic mass is 10.1. The molecule has 0 saturated carbocycles. The quantitative estimate of drug-likeness (QED) is 0.528. The van der Waals surface area contributed by atoms with Crippen LogP contribution in [0.15, 0.2) is 71.8 Å². The summed E-state index contributed by atoms with van der Waals surface area (Å²) in [6.45, 7) is 2.05. The average Bonchev–Trinajstić information content (AvgIpc) is 3.38. The van der Waals surface area contributed by atoms with Crippen LogP contribution >= 0.6 is 0 Å². The molecular formula is C25H28N4O4S. The standard InChI is InChI=1S/C25H28N4O4S/c1-28(2)34(31,32)21-11-12-23(29-14-6-7-15-29)22(16-21)25(30)27-20-10-13-24(26-17-20)33-18-19-8-4-3-5-9-19/h3-5,8-13,16-17H,6-7,14-15,18H2,1-2H3,(H,27,30). The Hall–Kier alpha value is -3.43. The molecule has 0 spiro atoms. The minimum absolute atomic E-state index is 0.0772. The smallest absolute Gasteiger partial charge is 0.257 e. The van der Waals surface area contributed by atoms with Crippen LogP contribution in [0.4, 0.5) is 11.4 Å². The van der Waals surface area contributed by atoms with E-state index in [1.807, 2.05) is 30.3 Å². The summed E-state index contributed by atoms with van der Waals surface area (Å²) in [4.78, 5) is 19.7. The Morgan fingerprint density at radius 2 is 1.79 bits per heavy atom. The van der Waals surface area contributed by atoms with E-state index < -0.39 is 15.9 Å². The van der Waals surface area contributed by atoms with Crippen LogP contribution in [0.1, 0.15) is 28.8 Å². The number of aromatic nitrogens is 1. The van der Waals surface area contributed by atoms with Gasteiger partial charge in [-0.1, -0.05) is 30.3 Å². The Morgan fingerprint density at radius 1 is 1.06 bits per heavy atom. The molecule has 34 heavy (non-hydrogen) atoms. The maximum Gasteiger partial charge on any atom is 0.257 e. The molecule has 0 unspecified atom stereocenters. The maximum atomic E-state index is 13.2. The molecular weight excluding hydrogens is 452 g/mol. The highest BCUT2D eigenvalue weighted by Gasteiger charge is 2.24. The van der Waals surface area contributed by atoms with Gasteiger partial charge in [-0.3, -0.25) is 4.79 Å². The molecule has 4 rings (SSSR count). The van der Waals surface area contributed by atoms with Gasteiger partial charge in [0.05, 0.1) is 22.3 Å². The SMILES string of the molecule is CN(C)S(=O)(=O)c1ccc(N2CCCC2)c(C(=O)Nc2ccc(OCc3ccccc3)nc2)c1. The van der Waals surface area contributed by atoms with E-state index in [1.54, 1.807) is 24.3 Å². The van der Waals surface area contributed by atoms with Gasteiger partial charge >= 0.3 is 0 Å². The van der Waals surface area contributed by atoms with Gasteiger partial charge in [0, 0.05) is 38.9 Å². The summed E-state index contributed by atoms with van der Waals surface area (Å²) < 4.78 is 32.1. The number of hydrogen-bond donors (Lipinski definition) is 1. The van der Waals surface area contributed by atoms with Crippen LogP contribution in [0, 0.1) is 0 Å². The zero-order valence-corrected chi connectivity index (χ0v) is 20.1. The van der Waals surface area contributed by atoms with Gasteiger partial charge in [0.2, 0.25) is 15.9 Å². The van der Waals surface area contributed by atoms with E-state index in [4.69, 9.17) is 4.74 Å². The van der Waals surface area contributed by atoms with Crippen LogP contribution in [0.5, 0.6) is 5.88 Å². The topological polar surface area (TPSA) is 91.8 Å². The molecule has 1 N–H and O–H groups in total. The second-order valence-corrected chi connectivity index (χ2v) is 10.4. The number of benzene rings is 2. The van der Waals surface area contributed by atoms with Gasteiger partial charge in [-0.2, -0.15) is 0 Å². The minimum atomic E-state index is -3.68. The van der Waals surface area contributed by atoms with E-state index in [-0.39, 0.29) is 4.90 Å². The summed E-state index contributed by atoms with van der Waals surface area (Å²) >= 11 is 0. The number of sulfonamides is 1. The Kier molecular flexibility index (Phi) is 7.14. The molecule has 1 amide bonds. The van der Waals surface area contributed by atoms with Crippen LogP contribution in [0.3, 0.4) is 0 Å².